The molecule has 1 rings (SSSR count). The molecular weight excluding hydrogens is 170 g/mol. The van der Waals surface area contributed by atoms with E-state index >= 15 is 0 Å². The summed E-state index contributed by atoms with van der Waals surface area (Å²) >= 11 is 1.69. The number of likely N-dealkylation sites (N-methyl/N-ethyl adjacent to an activating group) is 1. The highest BCUT2D eigenvalue weighted by atomic mass is 32.1. The third-order valence-corrected chi connectivity index (χ3v) is 2.90. The lowest BCUT2D eigenvalue weighted by atomic mass is 10.3. The fraction of sp³-hybridized carbons (Fsp3) is 0.625. The van der Waals surface area contributed by atoms with E-state index in [-0.39, 0.29) is 0 Å². The van der Waals surface area contributed by atoms with E-state index < -0.39 is 0 Å². The number of rotatable bonds is 4. The molecule has 0 fully saturated rings. The van der Waals surface area contributed by atoms with E-state index in [2.05, 4.69) is 23.9 Å². The Balaban J connectivity index is 2.53. The first-order valence-electron chi connectivity index (χ1n) is 4.05. The second-order valence-electron chi connectivity index (χ2n) is 2.82. The minimum Gasteiger partial charge on any atom is -0.329 e. The van der Waals surface area contributed by atoms with Crippen LogP contribution in [0.3, 0.4) is 0 Å². The number of nitrogens with two attached hydrogens (primary N) is 1. The van der Waals surface area contributed by atoms with E-state index in [4.69, 9.17) is 5.73 Å². The summed E-state index contributed by atoms with van der Waals surface area (Å²) in [6.07, 6.45) is 1.84. The van der Waals surface area contributed by atoms with Crippen LogP contribution in [0.2, 0.25) is 0 Å². The lowest BCUT2D eigenvalue weighted by Gasteiger charge is -2.21. The van der Waals surface area contributed by atoms with Crippen LogP contribution in [0.25, 0.3) is 0 Å². The van der Waals surface area contributed by atoms with Crippen molar-refractivity contribution in [1.29, 1.82) is 0 Å². The van der Waals surface area contributed by atoms with E-state index in [1.807, 2.05) is 11.6 Å². The van der Waals surface area contributed by atoms with E-state index in [1.54, 1.807) is 11.3 Å². The molecule has 0 aliphatic rings. The van der Waals surface area contributed by atoms with Crippen LogP contribution in [-0.4, -0.2) is 30.0 Å². The molecule has 0 saturated carbocycles. The molecular formula is C8H15N3S. The van der Waals surface area contributed by atoms with Crippen LogP contribution >= 0.6 is 11.3 Å². The van der Waals surface area contributed by atoms with Crippen LogP contribution in [-0.2, 0) is 0 Å². The van der Waals surface area contributed by atoms with E-state index in [0.29, 0.717) is 12.6 Å². The molecule has 1 aromatic heterocycles. The summed E-state index contributed by atoms with van der Waals surface area (Å²) in [5.74, 6) is 0. The van der Waals surface area contributed by atoms with Gasteiger partial charge in [-0.15, -0.1) is 11.3 Å². The fourth-order valence-corrected chi connectivity index (χ4v) is 1.79. The summed E-state index contributed by atoms with van der Waals surface area (Å²) in [6, 6.07) is 0.383. The van der Waals surface area contributed by atoms with Crippen molar-refractivity contribution in [2.75, 3.05) is 20.1 Å². The SMILES string of the molecule is C[C@H](c1nccs1)N(C)CCN. The molecule has 3 nitrogen and oxygen atoms in total. The van der Waals surface area contributed by atoms with Gasteiger partial charge in [-0.05, 0) is 14.0 Å². The highest BCUT2D eigenvalue weighted by Crippen LogP contribution is 2.19. The monoisotopic (exact) mass is 185 g/mol. The van der Waals surface area contributed by atoms with Crippen LogP contribution < -0.4 is 5.73 Å². The number of hydrogen-bond acceptors (Lipinski definition) is 4. The summed E-state index contributed by atoms with van der Waals surface area (Å²) in [5, 5.41) is 3.16. The summed E-state index contributed by atoms with van der Waals surface area (Å²) in [5.41, 5.74) is 5.46. The molecule has 0 aromatic carbocycles. The zero-order chi connectivity index (χ0) is 8.97. The van der Waals surface area contributed by atoms with Gasteiger partial charge in [-0.25, -0.2) is 4.98 Å². The van der Waals surface area contributed by atoms with Gasteiger partial charge in [0, 0.05) is 24.7 Å². The molecule has 0 amide bonds. The third-order valence-electron chi connectivity index (χ3n) is 1.95. The number of nitrogens with zero attached hydrogens (tertiary/aromatic N) is 2. The van der Waals surface area contributed by atoms with Crippen molar-refractivity contribution >= 4 is 11.3 Å². The number of thiazole rings is 1. The largest absolute Gasteiger partial charge is 0.329 e. The summed E-state index contributed by atoms with van der Waals surface area (Å²) in [6.45, 7) is 3.77. The van der Waals surface area contributed by atoms with E-state index in [1.165, 1.54) is 0 Å². The zero-order valence-corrected chi connectivity index (χ0v) is 8.34. The summed E-state index contributed by atoms with van der Waals surface area (Å²) in [4.78, 5) is 6.46. The van der Waals surface area contributed by atoms with Crippen molar-refractivity contribution < 1.29 is 0 Å². The molecule has 1 heterocycles. The maximum atomic E-state index is 5.46. The molecule has 68 valence electrons. The molecule has 0 spiro atoms. The smallest absolute Gasteiger partial charge is 0.109 e. The lowest BCUT2D eigenvalue weighted by Crippen LogP contribution is -2.28. The zero-order valence-electron chi connectivity index (χ0n) is 7.53. The van der Waals surface area contributed by atoms with Gasteiger partial charge in [-0.3, -0.25) is 4.90 Å². The second-order valence-corrected chi connectivity index (χ2v) is 3.74. The van der Waals surface area contributed by atoms with Gasteiger partial charge in [-0.2, -0.15) is 0 Å². The quantitative estimate of drug-likeness (QED) is 0.763. The fourth-order valence-electron chi connectivity index (χ4n) is 1.03. The minimum atomic E-state index is 0.383. The predicted molar refractivity (Wildman–Crippen MR) is 52.2 cm³/mol. The van der Waals surface area contributed by atoms with Crippen molar-refractivity contribution in [3.8, 4) is 0 Å². The molecule has 0 bridgehead atoms. The summed E-state index contributed by atoms with van der Waals surface area (Å²) < 4.78 is 0. The Morgan fingerprint density at radius 2 is 2.50 bits per heavy atom. The first kappa shape index (κ1) is 9.64. The predicted octanol–water partition coefficient (Wildman–Crippen LogP) is 1.09. The Morgan fingerprint density at radius 3 is 3.00 bits per heavy atom. The Hall–Kier alpha value is -0.450. The lowest BCUT2D eigenvalue weighted by molar-refractivity contribution is 0.268. The third kappa shape index (κ3) is 2.27. The van der Waals surface area contributed by atoms with Crippen LogP contribution in [0, 0.1) is 0 Å². The van der Waals surface area contributed by atoms with Crippen molar-refractivity contribution in [1.82, 2.24) is 9.88 Å². The Morgan fingerprint density at radius 1 is 1.75 bits per heavy atom. The Bertz CT molecular complexity index is 210. The number of hydrogen-bond donors (Lipinski definition) is 1. The average Bonchev–Trinajstić information content (AvgIpc) is 2.55. The molecule has 4 heteroatoms. The Kier molecular flexibility index (Phi) is 3.65. The van der Waals surface area contributed by atoms with Crippen molar-refractivity contribution in [2.45, 2.75) is 13.0 Å². The molecule has 1 atom stereocenters. The van der Waals surface area contributed by atoms with Crippen molar-refractivity contribution in [2.24, 2.45) is 5.73 Å². The molecule has 1 aromatic rings. The van der Waals surface area contributed by atoms with Crippen LogP contribution in [0.5, 0.6) is 0 Å². The maximum absolute atomic E-state index is 5.46. The maximum Gasteiger partial charge on any atom is 0.109 e. The van der Waals surface area contributed by atoms with Gasteiger partial charge in [0.2, 0.25) is 0 Å². The topological polar surface area (TPSA) is 42.2 Å². The van der Waals surface area contributed by atoms with Gasteiger partial charge in [0.15, 0.2) is 0 Å². The molecule has 0 aliphatic carbocycles. The van der Waals surface area contributed by atoms with E-state index in [0.717, 1.165) is 11.6 Å². The van der Waals surface area contributed by atoms with Gasteiger partial charge in [0.05, 0.1) is 6.04 Å². The first-order valence-corrected chi connectivity index (χ1v) is 4.93. The van der Waals surface area contributed by atoms with Gasteiger partial charge in [0.1, 0.15) is 5.01 Å². The molecule has 0 aliphatic heterocycles. The highest BCUT2D eigenvalue weighted by molar-refractivity contribution is 7.09. The minimum absolute atomic E-state index is 0.383. The molecule has 0 radical (unpaired) electrons. The van der Waals surface area contributed by atoms with Gasteiger partial charge in [-0.1, -0.05) is 0 Å². The van der Waals surface area contributed by atoms with Crippen molar-refractivity contribution in [3.05, 3.63) is 16.6 Å². The van der Waals surface area contributed by atoms with Crippen LogP contribution in [0.1, 0.15) is 18.0 Å². The molecule has 2 N–H and O–H groups in total. The molecule has 0 saturated heterocycles. The second kappa shape index (κ2) is 4.54. The standard InChI is InChI=1S/C8H15N3S/c1-7(11(2)5-3-9)8-10-4-6-12-8/h4,6-7H,3,5,9H2,1-2H3/t7-/m1/s1. The van der Waals surface area contributed by atoms with E-state index in [9.17, 15) is 0 Å². The van der Waals surface area contributed by atoms with Crippen molar-refractivity contribution in [3.63, 3.8) is 0 Å². The highest BCUT2D eigenvalue weighted by Gasteiger charge is 2.12. The Labute approximate surface area is 77.2 Å². The number of aromatic nitrogens is 1. The van der Waals surface area contributed by atoms with Crippen LogP contribution in [0.4, 0.5) is 0 Å². The van der Waals surface area contributed by atoms with Gasteiger partial charge >= 0.3 is 0 Å². The first-order chi connectivity index (χ1) is 5.75. The van der Waals surface area contributed by atoms with Gasteiger partial charge < -0.3 is 5.73 Å². The molecule has 0 unspecified atom stereocenters. The van der Waals surface area contributed by atoms with Gasteiger partial charge in [0.25, 0.3) is 0 Å². The molecule has 12 heavy (non-hydrogen) atoms. The normalized spacial score (nSPS) is 13.7. The summed E-state index contributed by atoms with van der Waals surface area (Å²) in [7, 11) is 2.07. The average molecular weight is 185 g/mol. The van der Waals surface area contributed by atoms with Crippen LogP contribution in [0.15, 0.2) is 11.6 Å².